The van der Waals surface area contributed by atoms with E-state index >= 15 is 0 Å². The van der Waals surface area contributed by atoms with E-state index in [0.29, 0.717) is 23.4 Å². The molecule has 3 aromatic rings. The third kappa shape index (κ3) is 3.87. The summed E-state index contributed by atoms with van der Waals surface area (Å²) in [7, 11) is 0. The van der Waals surface area contributed by atoms with Crippen LogP contribution in [0.15, 0.2) is 72.4 Å². The van der Waals surface area contributed by atoms with Gasteiger partial charge in [-0.05, 0) is 24.1 Å². The van der Waals surface area contributed by atoms with Gasteiger partial charge >= 0.3 is 0 Å². The first kappa shape index (κ1) is 17.2. The largest absolute Gasteiger partial charge is 0.507 e. The summed E-state index contributed by atoms with van der Waals surface area (Å²) in [5, 5.41) is 20.9. The van der Waals surface area contributed by atoms with E-state index in [0.717, 1.165) is 11.1 Å². The van der Waals surface area contributed by atoms with Gasteiger partial charge in [0.05, 0.1) is 11.9 Å². The van der Waals surface area contributed by atoms with Gasteiger partial charge < -0.3 is 5.11 Å². The Bertz CT molecular complexity index is 945. The SMILES string of the molecule is C=CCc1cccc(C=NNC(=O)c2cc(-c3ccccc3)n[nH]2)c1O. The number of aromatic amines is 1. The first-order valence-electron chi connectivity index (χ1n) is 8.05. The molecule has 0 spiro atoms. The van der Waals surface area contributed by atoms with Gasteiger partial charge in [0.15, 0.2) is 0 Å². The summed E-state index contributed by atoms with van der Waals surface area (Å²) in [4.78, 5) is 12.2. The van der Waals surface area contributed by atoms with Crippen molar-refractivity contribution in [2.45, 2.75) is 6.42 Å². The average molecular weight is 346 g/mol. The van der Waals surface area contributed by atoms with Gasteiger partial charge in [0, 0.05) is 11.1 Å². The Morgan fingerprint density at radius 3 is 2.81 bits per heavy atom. The third-order valence-electron chi connectivity index (χ3n) is 3.78. The van der Waals surface area contributed by atoms with Crippen LogP contribution in [0, 0.1) is 0 Å². The maximum absolute atomic E-state index is 12.2. The Morgan fingerprint density at radius 1 is 1.23 bits per heavy atom. The number of nitrogens with zero attached hydrogens (tertiary/aromatic N) is 2. The number of carbonyl (C=O) groups is 1. The number of rotatable bonds is 6. The van der Waals surface area contributed by atoms with Crippen LogP contribution in [0.5, 0.6) is 5.75 Å². The van der Waals surface area contributed by atoms with E-state index in [9.17, 15) is 9.90 Å². The van der Waals surface area contributed by atoms with E-state index in [1.165, 1.54) is 6.21 Å². The quantitative estimate of drug-likeness (QED) is 0.363. The molecule has 3 rings (SSSR count). The lowest BCUT2D eigenvalue weighted by Crippen LogP contribution is -2.18. The van der Waals surface area contributed by atoms with Crippen LogP contribution < -0.4 is 5.43 Å². The molecular weight excluding hydrogens is 328 g/mol. The van der Waals surface area contributed by atoms with Crippen LogP contribution in [0.4, 0.5) is 0 Å². The number of H-pyrrole nitrogens is 1. The van der Waals surface area contributed by atoms with Crippen molar-refractivity contribution in [3.63, 3.8) is 0 Å². The van der Waals surface area contributed by atoms with Gasteiger partial charge in [-0.15, -0.1) is 6.58 Å². The zero-order valence-corrected chi connectivity index (χ0v) is 14.0. The van der Waals surface area contributed by atoms with E-state index in [1.54, 1.807) is 18.2 Å². The van der Waals surface area contributed by atoms with Crippen LogP contribution in [-0.4, -0.2) is 27.4 Å². The number of amides is 1. The summed E-state index contributed by atoms with van der Waals surface area (Å²) >= 11 is 0. The molecule has 0 unspecified atom stereocenters. The molecule has 3 N–H and O–H groups in total. The first-order valence-corrected chi connectivity index (χ1v) is 8.05. The van der Waals surface area contributed by atoms with Crippen molar-refractivity contribution in [1.82, 2.24) is 15.6 Å². The number of aromatic nitrogens is 2. The normalized spacial score (nSPS) is 10.8. The van der Waals surface area contributed by atoms with E-state index in [-0.39, 0.29) is 5.75 Å². The minimum atomic E-state index is -0.419. The molecule has 6 heteroatoms. The summed E-state index contributed by atoms with van der Waals surface area (Å²) in [5.74, 6) is -0.295. The molecule has 1 aromatic heterocycles. The van der Waals surface area contributed by atoms with Crippen molar-refractivity contribution in [2.75, 3.05) is 0 Å². The Morgan fingerprint density at radius 2 is 2.04 bits per heavy atom. The summed E-state index contributed by atoms with van der Waals surface area (Å²) in [6, 6.07) is 16.5. The first-order chi connectivity index (χ1) is 12.7. The number of benzene rings is 2. The van der Waals surface area contributed by atoms with Gasteiger partial charge in [0.25, 0.3) is 5.91 Å². The van der Waals surface area contributed by atoms with Gasteiger partial charge in [-0.1, -0.05) is 48.5 Å². The second kappa shape index (κ2) is 7.94. The maximum Gasteiger partial charge on any atom is 0.289 e. The smallest absolute Gasteiger partial charge is 0.289 e. The van der Waals surface area contributed by atoms with Gasteiger partial charge in [0.2, 0.25) is 0 Å². The van der Waals surface area contributed by atoms with Crippen LogP contribution >= 0.6 is 0 Å². The molecule has 0 atom stereocenters. The molecule has 1 amide bonds. The third-order valence-corrected chi connectivity index (χ3v) is 3.78. The van der Waals surface area contributed by atoms with Gasteiger partial charge in [0.1, 0.15) is 11.4 Å². The number of phenolic OH excluding ortho intramolecular Hbond substituents is 1. The molecule has 0 fully saturated rings. The highest BCUT2D eigenvalue weighted by atomic mass is 16.3. The van der Waals surface area contributed by atoms with Crippen LogP contribution in [0.1, 0.15) is 21.6 Å². The molecule has 0 aliphatic rings. The summed E-state index contributed by atoms with van der Waals surface area (Å²) in [5.41, 5.74) is 5.56. The van der Waals surface area contributed by atoms with Crippen LogP contribution in [0.25, 0.3) is 11.3 Å². The second-order valence-electron chi connectivity index (χ2n) is 5.58. The number of hydrogen-bond acceptors (Lipinski definition) is 4. The second-order valence-corrected chi connectivity index (χ2v) is 5.58. The molecule has 1 heterocycles. The Balaban J connectivity index is 1.68. The lowest BCUT2D eigenvalue weighted by atomic mass is 10.1. The molecule has 0 radical (unpaired) electrons. The zero-order valence-electron chi connectivity index (χ0n) is 14.0. The molecule has 0 saturated heterocycles. The molecule has 2 aromatic carbocycles. The van der Waals surface area contributed by atoms with Crippen molar-refractivity contribution < 1.29 is 9.90 Å². The minimum Gasteiger partial charge on any atom is -0.507 e. The highest BCUT2D eigenvalue weighted by Crippen LogP contribution is 2.21. The predicted molar refractivity (Wildman–Crippen MR) is 101 cm³/mol. The lowest BCUT2D eigenvalue weighted by Gasteiger charge is -2.04. The number of hydrogen-bond donors (Lipinski definition) is 3. The monoisotopic (exact) mass is 346 g/mol. The maximum atomic E-state index is 12.2. The molecule has 26 heavy (non-hydrogen) atoms. The van der Waals surface area contributed by atoms with Gasteiger partial charge in [-0.2, -0.15) is 10.2 Å². The van der Waals surface area contributed by atoms with Gasteiger partial charge in [-0.3, -0.25) is 9.89 Å². The number of carbonyl (C=O) groups excluding carboxylic acids is 1. The number of nitrogens with one attached hydrogen (secondary N) is 2. The van der Waals surface area contributed by atoms with E-state index in [2.05, 4.69) is 27.3 Å². The predicted octanol–water partition coefficient (Wildman–Crippen LogP) is 3.27. The van der Waals surface area contributed by atoms with Crippen LogP contribution in [0.2, 0.25) is 0 Å². The number of para-hydroxylation sites is 1. The van der Waals surface area contributed by atoms with Crippen molar-refractivity contribution in [1.29, 1.82) is 0 Å². The highest BCUT2D eigenvalue weighted by Gasteiger charge is 2.10. The molecular formula is C20H18N4O2. The van der Waals surface area contributed by atoms with Crippen molar-refractivity contribution in [3.8, 4) is 17.0 Å². The van der Waals surface area contributed by atoms with Crippen molar-refractivity contribution in [3.05, 3.63) is 84.1 Å². The molecule has 0 bridgehead atoms. The van der Waals surface area contributed by atoms with E-state index in [1.807, 2.05) is 42.5 Å². The molecule has 0 aliphatic heterocycles. The summed E-state index contributed by atoms with van der Waals surface area (Å²) in [6.45, 7) is 3.66. The van der Waals surface area contributed by atoms with Crippen molar-refractivity contribution >= 4 is 12.1 Å². The van der Waals surface area contributed by atoms with Crippen LogP contribution in [0.3, 0.4) is 0 Å². The van der Waals surface area contributed by atoms with Gasteiger partial charge in [-0.25, -0.2) is 5.43 Å². The topological polar surface area (TPSA) is 90.4 Å². The number of aromatic hydroxyl groups is 1. The lowest BCUT2D eigenvalue weighted by molar-refractivity contribution is 0.0950. The Hall–Kier alpha value is -3.67. The molecule has 0 saturated carbocycles. The average Bonchev–Trinajstić information content (AvgIpc) is 3.16. The van der Waals surface area contributed by atoms with Crippen LogP contribution in [-0.2, 0) is 6.42 Å². The highest BCUT2D eigenvalue weighted by molar-refractivity contribution is 5.94. The standard InChI is InChI=1S/C20H18N4O2/c1-2-7-15-10-6-11-16(19(15)25)13-21-24-20(26)18-12-17(22-23-18)14-8-4-3-5-9-14/h2-6,8-13,25H,1,7H2,(H,22,23)(H,24,26). The zero-order chi connectivity index (χ0) is 18.4. The van der Waals surface area contributed by atoms with Crippen molar-refractivity contribution in [2.24, 2.45) is 5.10 Å². The van der Waals surface area contributed by atoms with E-state index < -0.39 is 5.91 Å². The Labute approximate surface area is 150 Å². The molecule has 130 valence electrons. The fourth-order valence-corrected chi connectivity index (χ4v) is 2.45. The fourth-order valence-electron chi connectivity index (χ4n) is 2.45. The number of allylic oxidation sites excluding steroid dienone is 1. The molecule has 0 aliphatic carbocycles. The Kier molecular flexibility index (Phi) is 5.24. The molecule has 6 nitrogen and oxygen atoms in total. The minimum absolute atomic E-state index is 0.123. The van der Waals surface area contributed by atoms with E-state index in [4.69, 9.17) is 0 Å². The number of phenols is 1. The number of hydrazone groups is 1. The summed E-state index contributed by atoms with van der Waals surface area (Å²) in [6.07, 6.45) is 3.66. The fraction of sp³-hybridized carbons (Fsp3) is 0.0500. The summed E-state index contributed by atoms with van der Waals surface area (Å²) < 4.78 is 0.